The fourth-order valence-electron chi connectivity index (χ4n) is 3.43. The summed E-state index contributed by atoms with van der Waals surface area (Å²) < 4.78 is 10.4. The van der Waals surface area contributed by atoms with Crippen molar-refractivity contribution in [2.45, 2.75) is 38.3 Å². The molecule has 124 valence electrons. The van der Waals surface area contributed by atoms with Crippen molar-refractivity contribution in [2.75, 3.05) is 14.2 Å². The van der Waals surface area contributed by atoms with Crippen molar-refractivity contribution in [1.82, 2.24) is 5.06 Å². The number of carbonyl (C=O) groups is 1. The zero-order chi connectivity index (χ0) is 16.6. The molecule has 1 fully saturated rings. The lowest BCUT2D eigenvalue weighted by atomic mass is 9.74. The Kier molecular flexibility index (Phi) is 4.06. The molecule has 2 heterocycles. The van der Waals surface area contributed by atoms with E-state index in [1.54, 1.807) is 32.4 Å². The van der Waals surface area contributed by atoms with E-state index in [1.807, 2.05) is 5.06 Å². The van der Waals surface area contributed by atoms with Crippen molar-refractivity contribution < 1.29 is 19.1 Å². The molecule has 2 unspecified atom stereocenters. The van der Waals surface area contributed by atoms with Gasteiger partial charge in [-0.1, -0.05) is 12.2 Å². The van der Waals surface area contributed by atoms with Gasteiger partial charge in [0, 0.05) is 6.07 Å². The average Bonchev–Trinajstić information content (AvgIpc) is 2.57. The van der Waals surface area contributed by atoms with Gasteiger partial charge >= 0.3 is 5.97 Å². The molecule has 3 aliphatic rings. The van der Waals surface area contributed by atoms with Crippen molar-refractivity contribution in [2.24, 2.45) is 5.92 Å². The summed E-state index contributed by atoms with van der Waals surface area (Å²) in [6.45, 7) is 4.24. The topological polar surface area (TPSA) is 48.0 Å². The molecule has 0 saturated carbocycles. The maximum absolute atomic E-state index is 12.6. The highest BCUT2D eigenvalue weighted by Crippen LogP contribution is 2.42. The summed E-state index contributed by atoms with van der Waals surface area (Å²) in [6, 6.07) is 5.20. The van der Waals surface area contributed by atoms with Crippen LogP contribution in [-0.4, -0.2) is 36.8 Å². The summed E-state index contributed by atoms with van der Waals surface area (Å²) in [6.07, 6.45) is 6.53. The highest BCUT2D eigenvalue weighted by atomic mass is 16.7. The van der Waals surface area contributed by atoms with Crippen molar-refractivity contribution in [3.63, 3.8) is 0 Å². The highest BCUT2D eigenvalue weighted by Gasteiger charge is 2.47. The van der Waals surface area contributed by atoms with E-state index in [4.69, 9.17) is 14.3 Å². The lowest BCUT2D eigenvalue weighted by Crippen LogP contribution is -2.59. The number of benzene rings is 1. The molecule has 0 radical (unpaired) electrons. The number of nitrogens with zero attached hydrogens (tertiary/aromatic N) is 1. The Hall–Kier alpha value is -2.01. The van der Waals surface area contributed by atoms with Crippen molar-refractivity contribution in [3.05, 3.63) is 35.9 Å². The number of hydroxylamine groups is 2. The maximum Gasteiger partial charge on any atom is 0.357 e. The molecule has 0 spiro atoms. The van der Waals surface area contributed by atoms with Crippen LogP contribution in [0.25, 0.3) is 0 Å². The Morgan fingerprint density at radius 1 is 1.09 bits per heavy atom. The largest absolute Gasteiger partial charge is 0.497 e. The summed E-state index contributed by atoms with van der Waals surface area (Å²) in [7, 11) is 3.11. The van der Waals surface area contributed by atoms with E-state index in [0.717, 1.165) is 12.8 Å². The summed E-state index contributed by atoms with van der Waals surface area (Å²) in [5.74, 6) is 1.14. The van der Waals surface area contributed by atoms with E-state index in [9.17, 15) is 4.79 Å². The molecular weight excluding hydrogens is 294 g/mol. The molecule has 5 heteroatoms. The third-order valence-corrected chi connectivity index (χ3v) is 4.88. The van der Waals surface area contributed by atoms with Crippen LogP contribution in [0.5, 0.6) is 11.5 Å². The molecule has 1 aromatic rings. The predicted molar refractivity (Wildman–Crippen MR) is 86.5 cm³/mol. The van der Waals surface area contributed by atoms with Crippen LogP contribution in [0.2, 0.25) is 0 Å². The molecule has 1 aliphatic carbocycles. The number of carbonyl (C=O) groups excluding carboxylic acids is 1. The van der Waals surface area contributed by atoms with E-state index >= 15 is 0 Å². The van der Waals surface area contributed by atoms with Crippen molar-refractivity contribution in [1.29, 1.82) is 0 Å². The molecule has 23 heavy (non-hydrogen) atoms. The summed E-state index contributed by atoms with van der Waals surface area (Å²) in [4.78, 5) is 18.4. The zero-order valence-electron chi connectivity index (χ0n) is 14.0. The van der Waals surface area contributed by atoms with Gasteiger partial charge in [-0.3, -0.25) is 0 Å². The van der Waals surface area contributed by atoms with Crippen LogP contribution in [0.15, 0.2) is 30.4 Å². The SMILES string of the molecule is COc1cc(OC)cc(C(=O)ON2C3C=CC(CC3)C2(C)C)c1. The number of hydrogen-bond acceptors (Lipinski definition) is 5. The third-order valence-electron chi connectivity index (χ3n) is 4.88. The molecule has 4 rings (SSSR count). The van der Waals surface area contributed by atoms with E-state index in [-0.39, 0.29) is 11.6 Å². The van der Waals surface area contributed by atoms with Gasteiger partial charge in [-0.15, -0.1) is 5.06 Å². The minimum atomic E-state index is -0.392. The first kappa shape index (κ1) is 15.9. The fourth-order valence-corrected chi connectivity index (χ4v) is 3.43. The Morgan fingerprint density at radius 2 is 1.74 bits per heavy atom. The van der Waals surface area contributed by atoms with E-state index < -0.39 is 5.97 Å². The van der Waals surface area contributed by atoms with Crippen LogP contribution in [-0.2, 0) is 4.84 Å². The third kappa shape index (κ3) is 2.81. The number of rotatable bonds is 4. The van der Waals surface area contributed by atoms with Crippen molar-refractivity contribution in [3.8, 4) is 11.5 Å². The summed E-state index contributed by atoms with van der Waals surface area (Å²) in [5.41, 5.74) is 0.221. The quantitative estimate of drug-likeness (QED) is 0.798. The van der Waals surface area contributed by atoms with Crippen molar-refractivity contribution >= 4 is 5.97 Å². The van der Waals surface area contributed by atoms with Gasteiger partial charge in [0.05, 0.1) is 31.4 Å². The monoisotopic (exact) mass is 317 g/mol. The van der Waals surface area contributed by atoms with E-state index in [1.165, 1.54) is 0 Å². The first-order valence-corrected chi connectivity index (χ1v) is 7.88. The lowest BCUT2D eigenvalue weighted by molar-refractivity contribution is -0.218. The van der Waals surface area contributed by atoms with E-state index in [2.05, 4.69) is 26.0 Å². The average molecular weight is 317 g/mol. The molecule has 1 saturated heterocycles. The van der Waals surface area contributed by atoms with Gasteiger partial charge in [0.15, 0.2) is 0 Å². The van der Waals surface area contributed by atoms with Crippen LogP contribution >= 0.6 is 0 Å². The van der Waals surface area contributed by atoms with Crippen LogP contribution in [0, 0.1) is 5.92 Å². The van der Waals surface area contributed by atoms with E-state index in [0.29, 0.717) is 23.0 Å². The van der Waals surface area contributed by atoms with Crippen LogP contribution in [0.3, 0.4) is 0 Å². The number of piperidine rings is 1. The van der Waals surface area contributed by atoms with Gasteiger partial charge in [-0.2, -0.15) is 0 Å². The standard InChI is InChI=1S/C18H23NO4/c1-18(2)13-5-7-14(8-6-13)19(18)23-17(20)12-9-15(21-3)11-16(10-12)22-4/h5,7,9-11,13-14H,6,8H2,1-4H3. The number of methoxy groups -OCH3 is 2. The molecule has 2 aliphatic heterocycles. The van der Waals surface area contributed by atoms with Gasteiger partial charge in [0.2, 0.25) is 0 Å². The molecule has 0 amide bonds. The first-order valence-electron chi connectivity index (χ1n) is 7.88. The Labute approximate surface area is 136 Å². The molecule has 5 nitrogen and oxygen atoms in total. The lowest BCUT2D eigenvalue weighted by Gasteiger charge is -2.51. The fraction of sp³-hybridized carbons (Fsp3) is 0.500. The molecule has 2 atom stereocenters. The van der Waals surface area contributed by atoms with Crippen LogP contribution in [0.4, 0.5) is 0 Å². The van der Waals surface area contributed by atoms with Crippen LogP contribution < -0.4 is 9.47 Å². The minimum Gasteiger partial charge on any atom is -0.497 e. The highest BCUT2D eigenvalue weighted by molar-refractivity contribution is 5.90. The number of ether oxygens (including phenoxy) is 2. The van der Waals surface area contributed by atoms with Gasteiger partial charge < -0.3 is 14.3 Å². The molecule has 2 bridgehead atoms. The van der Waals surface area contributed by atoms with Crippen LogP contribution in [0.1, 0.15) is 37.0 Å². The van der Waals surface area contributed by atoms with Gasteiger partial charge in [0.25, 0.3) is 0 Å². The van der Waals surface area contributed by atoms with Gasteiger partial charge in [0.1, 0.15) is 11.5 Å². The number of hydrogen-bond donors (Lipinski definition) is 0. The molecule has 0 aromatic heterocycles. The Morgan fingerprint density at radius 3 is 2.22 bits per heavy atom. The van der Waals surface area contributed by atoms with Gasteiger partial charge in [-0.05, 0) is 44.7 Å². The normalized spacial score (nSPS) is 25.2. The second-order valence-corrected chi connectivity index (χ2v) is 6.60. The Bertz CT molecular complexity index is 616. The predicted octanol–water partition coefficient (Wildman–Crippen LogP) is 3.20. The zero-order valence-corrected chi connectivity index (χ0v) is 14.0. The molecular formula is C18H23NO4. The molecule has 1 aromatic carbocycles. The molecule has 0 N–H and O–H groups in total. The smallest absolute Gasteiger partial charge is 0.357 e. The summed E-state index contributed by atoms with van der Waals surface area (Å²) >= 11 is 0. The second-order valence-electron chi connectivity index (χ2n) is 6.60. The minimum absolute atomic E-state index is 0.145. The summed E-state index contributed by atoms with van der Waals surface area (Å²) in [5, 5.41) is 1.84. The second kappa shape index (κ2) is 5.89. The maximum atomic E-state index is 12.6. The Balaban J connectivity index is 1.83. The first-order chi connectivity index (χ1) is 11.0. The van der Waals surface area contributed by atoms with Gasteiger partial charge in [-0.25, -0.2) is 4.79 Å². The number of fused-ring (bicyclic) bond motifs is 2.